The Labute approximate surface area is 143 Å². The van der Waals surface area contributed by atoms with Gasteiger partial charge in [-0.25, -0.2) is 9.79 Å². The fourth-order valence-corrected chi connectivity index (χ4v) is 3.71. The van der Waals surface area contributed by atoms with E-state index in [2.05, 4.69) is 10.3 Å². The highest BCUT2D eigenvalue weighted by atomic mass is 35.5. The molecule has 0 saturated carbocycles. The van der Waals surface area contributed by atoms with Gasteiger partial charge in [0.15, 0.2) is 17.4 Å². The molecule has 1 fully saturated rings. The summed E-state index contributed by atoms with van der Waals surface area (Å²) in [6, 6.07) is 8.97. The number of carbonyl (C=O) groups is 2. The van der Waals surface area contributed by atoms with Gasteiger partial charge in [-0.05, 0) is 5.56 Å². The standard InChI is InChI=1S/C15H17ClN4O2S/c1-19-12-11(13(21)18-14(19)22)20(15(17-12)23-8-7-16)9-10-5-3-2-4-6-10/h2-6,11-12H,7-9H2,1H3,(H,18,21,22). The smallest absolute Gasteiger partial charge is 0.325 e. The lowest BCUT2D eigenvalue weighted by atomic mass is 10.1. The second-order valence-electron chi connectivity index (χ2n) is 5.33. The first-order chi connectivity index (χ1) is 11.1. The van der Waals surface area contributed by atoms with Gasteiger partial charge in [-0.15, -0.1) is 11.6 Å². The van der Waals surface area contributed by atoms with Crippen molar-refractivity contribution >= 4 is 40.5 Å². The lowest BCUT2D eigenvalue weighted by Gasteiger charge is -2.36. The molecule has 1 N–H and O–H groups in total. The molecule has 2 atom stereocenters. The van der Waals surface area contributed by atoms with Gasteiger partial charge in [0.2, 0.25) is 0 Å². The number of urea groups is 1. The summed E-state index contributed by atoms with van der Waals surface area (Å²) in [6.07, 6.45) is -0.488. The summed E-state index contributed by atoms with van der Waals surface area (Å²) >= 11 is 7.29. The van der Waals surface area contributed by atoms with Crippen LogP contribution in [0.25, 0.3) is 0 Å². The molecule has 0 aromatic heterocycles. The molecule has 2 aliphatic heterocycles. The minimum atomic E-state index is -0.504. The fourth-order valence-electron chi connectivity index (χ4n) is 2.70. The van der Waals surface area contributed by atoms with E-state index in [0.29, 0.717) is 18.2 Å². The summed E-state index contributed by atoms with van der Waals surface area (Å²) in [4.78, 5) is 32.2. The molecule has 23 heavy (non-hydrogen) atoms. The topological polar surface area (TPSA) is 65.0 Å². The molecule has 2 heterocycles. The van der Waals surface area contributed by atoms with Crippen LogP contribution in [0.5, 0.6) is 0 Å². The van der Waals surface area contributed by atoms with Crippen LogP contribution < -0.4 is 5.32 Å². The van der Waals surface area contributed by atoms with Crippen LogP contribution in [0.2, 0.25) is 0 Å². The Morgan fingerprint density at radius 2 is 2.04 bits per heavy atom. The number of hydrogen-bond acceptors (Lipinski definition) is 5. The molecule has 2 aliphatic rings. The number of fused-ring (bicyclic) bond motifs is 1. The zero-order valence-electron chi connectivity index (χ0n) is 12.6. The van der Waals surface area contributed by atoms with Crippen LogP contribution in [0.3, 0.4) is 0 Å². The molecular weight excluding hydrogens is 336 g/mol. The molecule has 6 nitrogen and oxygen atoms in total. The summed E-state index contributed by atoms with van der Waals surface area (Å²) in [5, 5.41) is 3.14. The van der Waals surface area contributed by atoms with Crippen LogP contribution in [-0.4, -0.2) is 57.8 Å². The van der Waals surface area contributed by atoms with E-state index >= 15 is 0 Å². The Bertz CT molecular complexity index is 640. The first-order valence-electron chi connectivity index (χ1n) is 7.26. The number of benzene rings is 1. The molecule has 122 valence electrons. The molecule has 1 aromatic rings. The first-order valence-corrected chi connectivity index (χ1v) is 8.78. The third kappa shape index (κ3) is 3.16. The molecule has 1 aromatic carbocycles. The Morgan fingerprint density at radius 1 is 1.30 bits per heavy atom. The van der Waals surface area contributed by atoms with E-state index in [1.807, 2.05) is 35.2 Å². The molecule has 0 radical (unpaired) electrons. The van der Waals surface area contributed by atoms with Crippen molar-refractivity contribution in [2.45, 2.75) is 18.8 Å². The number of likely N-dealkylation sites (N-methyl/N-ethyl adjacent to an activating group) is 1. The summed E-state index contributed by atoms with van der Waals surface area (Å²) in [7, 11) is 1.65. The molecule has 8 heteroatoms. The number of nitrogens with one attached hydrogen (secondary N) is 1. The predicted molar refractivity (Wildman–Crippen MR) is 91.5 cm³/mol. The number of imide groups is 1. The number of thioether (sulfide) groups is 1. The van der Waals surface area contributed by atoms with Gasteiger partial charge in [-0.1, -0.05) is 42.1 Å². The van der Waals surface area contributed by atoms with Gasteiger partial charge in [0, 0.05) is 25.2 Å². The van der Waals surface area contributed by atoms with E-state index in [1.54, 1.807) is 7.05 Å². The zero-order chi connectivity index (χ0) is 16.4. The number of alkyl halides is 1. The van der Waals surface area contributed by atoms with E-state index in [9.17, 15) is 9.59 Å². The van der Waals surface area contributed by atoms with E-state index < -0.39 is 18.2 Å². The molecule has 0 aliphatic carbocycles. The fraction of sp³-hybridized carbons (Fsp3) is 0.400. The maximum absolute atomic E-state index is 12.3. The minimum absolute atomic E-state index is 0.306. The van der Waals surface area contributed by atoms with Crippen molar-refractivity contribution in [3.05, 3.63) is 35.9 Å². The van der Waals surface area contributed by atoms with Crippen LogP contribution in [0.1, 0.15) is 5.56 Å². The van der Waals surface area contributed by atoms with Gasteiger partial charge in [0.1, 0.15) is 0 Å². The third-order valence-corrected chi connectivity index (χ3v) is 5.25. The molecule has 3 rings (SSSR count). The second kappa shape index (κ2) is 6.80. The number of halogens is 1. The normalized spacial score (nSPS) is 23.7. The number of nitrogens with zero attached hydrogens (tertiary/aromatic N) is 3. The lowest BCUT2D eigenvalue weighted by Crippen LogP contribution is -2.63. The van der Waals surface area contributed by atoms with Crippen molar-refractivity contribution in [1.29, 1.82) is 0 Å². The highest BCUT2D eigenvalue weighted by Gasteiger charge is 2.48. The van der Waals surface area contributed by atoms with Crippen molar-refractivity contribution in [2.24, 2.45) is 4.99 Å². The van der Waals surface area contributed by atoms with Crippen LogP contribution in [-0.2, 0) is 11.3 Å². The van der Waals surface area contributed by atoms with E-state index in [1.165, 1.54) is 16.7 Å². The number of amidine groups is 1. The van der Waals surface area contributed by atoms with Crippen LogP contribution in [0.15, 0.2) is 35.3 Å². The van der Waals surface area contributed by atoms with Gasteiger partial charge in [-0.2, -0.15) is 0 Å². The quantitative estimate of drug-likeness (QED) is 0.838. The third-order valence-electron chi connectivity index (χ3n) is 3.83. The summed E-state index contributed by atoms with van der Waals surface area (Å²) in [5.41, 5.74) is 1.08. The van der Waals surface area contributed by atoms with Crippen molar-refractivity contribution in [3.8, 4) is 0 Å². The molecule has 0 spiro atoms. The van der Waals surface area contributed by atoms with E-state index in [-0.39, 0.29) is 5.91 Å². The summed E-state index contributed by atoms with van der Waals surface area (Å²) in [5.74, 6) is 0.892. The van der Waals surface area contributed by atoms with Crippen LogP contribution >= 0.6 is 23.4 Å². The Morgan fingerprint density at radius 3 is 2.74 bits per heavy atom. The van der Waals surface area contributed by atoms with Crippen molar-refractivity contribution in [2.75, 3.05) is 18.7 Å². The molecule has 1 saturated heterocycles. The molecule has 2 unspecified atom stereocenters. The molecular formula is C15H17ClN4O2S. The first kappa shape index (κ1) is 16.1. The Balaban J connectivity index is 1.89. The average molecular weight is 353 g/mol. The zero-order valence-corrected chi connectivity index (χ0v) is 14.2. The van der Waals surface area contributed by atoms with Crippen LogP contribution in [0, 0.1) is 0 Å². The maximum Gasteiger partial charge on any atom is 0.325 e. The number of aliphatic imine (C=N–C) groups is 1. The Hall–Kier alpha value is -1.73. The van der Waals surface area contributed by atoms with Crippen molar-refractivity contribution < 1.29 is 9.59 Å². The SMILES string of the molecule is CN1C(=O)NC(=O)C2C1N=C(SCCCl)N2Cc1ccccc1. The average Bonchev–Trinajstić information content (AvgIpc) is 2.91. The van der Waals surface area contributed by atoms with E-state index in [4.69, 9.17) is 11.6 Å². The highest BCUT2D eigenvalue weighted by molar-refractivity contribution is 8.13. The van der Waals surface area contributed by atoms with Crippen molar-refractivity contribution in [3.63, 3.8) is 0 Å². The van der Waals surface area contributed by atoms with Gasteiger partial charge < -0.3 is 9.80 Å². The minimum Gasteiger partial charge on any atom is -0.331 e. The highest BCUT2D eigenvalue weighted by Crippen LogP contribution is 2.29. The molecule has 0 bridgehead atoms. The second-order valence-corrected chi connectivity index (χ2v) is 6.77. The van der Waals surface area contributed by atoms with Crippen LogP contribution in [0.4, 0.5) is 4.79 Å². The number of hydrogen-bond donors (Lipinski definition) is 1. The number of amides is 3. The van der Waals surface area contributed by atoms with Gasteiger partial charge in [0.25, 0.3) is 5.91 Å². The van der Waals surface area contributed by atoms with Gasteiger partial charge >= 0.3 is 6.03 Å². The van der Waals surface area contributed by atoms with E-state index in [0.717, 1.165) is 10.7 Å². The largest absolute Gasteiger partial charge is 0.331 e. The lowest BCUT2D eigenvalue weighted by molar-refractivity contribution is -0.127. The summed E-state index contributed by atoms with van der Waals surface area (Å²) < 4.78 is 0. The van der Waals surface area contributed by atoms with Crippen molar-refractivity contribution in [1.82, 2.24) is 15.1 Å². The number of carbonyl (C=O) groups excluding carboxylic acids is 2. The van der Waals surface area contributed by atoms with Gasteiger partial charge in [-0.3, -0.25) is 10.1 Å². The Kier molecular flexibility index (Phi) is 4.77. The molecule has 3 amide bonds. The monoisotopic (exact) mass is 352 g/mol. The number of rotatable bonds is 4. The predicted octanol–water partition coefficient (Wildman–Crippen LogP) is 1.71. The maximum atomic E-state index is 12.3. The van der Waals surface area contributed by atoms with Gasteiger partial charge in [0.05, 0.1) is 0 Å². The summed E-state index contributed by atoms with van der Waals surface area (Å²) in [6.45, 7) is 0.561.